The quantitative estimate of drug-likeness (QED) is 0.525. The number of Topliss-reactive ketones (excluding diaryl/α,β-unsaturated/α-hetero) is 1. The van der Waals surface area contributed by atoms with Crippen molar-refractivity contribution in [2.75, 3.05) is 11.4 Å². The fourth-order valence-corrected chi connectivity index (χ4v) is 1.69. The van der Waals surface area contributed by atoms with Crippen LogP contribution in [0.2, 0.25) is 0 Å². The van der Waals surface area contributed by atoms with Gasteiger partial charge < -0.3 is 4.90 Å². The first kappa shape index (κ1) is 10.3. The summed E-state index contributed by atoms with van der Waals surface area (Å²) in [5.41, 5.74) is 0.562. The van der Waals surface area contributed by atoms with Gasteiger partial charge in [-0.2, -0.15) is 0 Å². The Hall–Kier alpha value is -2.24. The Kier molecular flexibility index (Phi) is 2.19. The third kappa shape index (κ3) is 1.44. The lowest BCUT2D eigenvalue weighted by molar-refractivity contribution is -0.384. The van der Waals surface area contributed by atoms with Crippen molar-refractivity contribution < 1.29 is 14.5 Å². The van der Waals surface area contributed by atoms with Crippen molar-refractivity contribution >= 4 is 23.1 Å². The number of nitrogens with zero attached hydrogens (tertiary/aromatic N) is 2. The molecule has 0 saturated carbocycles. The van der Waals surface area contributed by atoms with Crippen LogP contribution in [0.15, 0.2) is 18.2 Å². The molecule has 0 aliphatic carbocycles. The highest BCUT2D eigenvalue weighted by Gasteiger charge is 2.30. The number of carbonyl (C=O) groups is 2. The van der Waals surface area contributed by atoms with Crippen LogP contribution >= 0.6 is 0 Å². The van der Waals surface area contributed by atoms with E-state index in [4.69, 9.17) is 0 Å². The molecule has 1 aromatic rings. The number of rotatable bonds is 1. The normalized spacial score (nSPS) is 13.8. The lowest BCUT2D eigenvalue weighted by atomic mass is 10.1. The summed E-state index contributed by atoms with van der Waals surface area (Å²) in [6.45, 7) is 1.28. The van der Waals surface area contributed by atoms with E-state index in [2.05, 4.69) is 0 Å². The highest BCUT2D eigenvalue weighted by Crippen LogP contribution is 2.31. The summed E-state index contributed by atoms with van der Waals surface area (Å²) in [5.74, 6) is -0.493. The van der Waals surface area contributed by atoms with E-state index in [0.29, 0.717) is 11.3 Å². The van der Waals surface area contributed by atoms with E-state index in [0.717, 1.165) is 0 Å². The molecule has 0 saturated heterocycles. The number of benzene rings is 1. The van der Waals surface area contributed by atoms with Gasteiger partial charge in [-0.05, 0) is 6.07 Å². The molecule has 0 N–H and O–H groups in total. The zero-order chi connectivity index (χ0) is 11.9. The molecule has 0 aromatic heterocycles. The lowest BCUT2D eigenvalue weighted by Gasteiger charge is -2.12. The van der Waals surface area contributed by atoms with E-state index in [1.807, 2.05) is 0 Å². The highest BCUT2D eigenvalue weighted by atomic mass is 16.6. The summed E-state index contributed by atoms with van der Waals surface area (Å²) in [6, 6.07) is 3.90. The van der Waals surface area contributed by atoms with E-state index in [1.165, 1.54) is 30.0 Å². The number of fused-ring (bicyclic) bond motifs is 1. The van der Waals surface area contributed by atoms with Gasteiger partial charge in [-0.3, -0.25) is 19.7 Å². The van der Waals surface area contributed by atoms with E-state index < -0.39 is 4.92 Å². The minimum atomic E-state index is -0.554. The third-order valence-electron chi connectivity index (χ3n) is 2.47. The highest BCUT2D eigenvalue weighted by molar-refractivity contribution is 6.15. The molecule has 1 heterocycles. The van der Waals surface area contributed by atoms with Crippen LogP contribution in [0.25, 0.3) is 0 Å². The molecule has 6 nitrogen and oxygen atoms in total. The van der Waals surface area contributed by atoms with Crippen molar-refractivity contribution in [3.63, 3.8) is 0 Å². The van der Waals surface area contributed by atoms with Crippen molar-refractivity contribution in [1.82, 2.24) is 0 Å². The molecule has 1 aliphatic heterocycles. The SMILES string of the molecule is CC(=O)N1CC(=O)c2ccc([N+](=O)[O-])cc21. The molecule has 82 valence electrons. The van der Waals surface area contributed by atoms with Gasteiger partial charge in [0.2, 0.25) is 5.91 Å². The van der Waals surface area contributed by atoms with Crippen molar-refractivity contribution in [2.45, 2.75) is 6.92 Å². The Morgan fingerprint density at radius 2 is 2.19 bits per heavy atom. The molecule has 1 amide bonds. The summed E-state index contributed by atoms with van der Waals surface area (Å²) in [4.78, 5) is 34.0. The Balaban J connectivity index is 2.56. The second kappa shape index (κ2) is 3.41. The average molecular weight is 220 g/mol. The molecule has 2 rings (SSSR count). The van der Waals surface area contributed by atoms with Crippen molar-refractivity contribution in [3.8, 4) is 0 Å². The summed E-state index contributed by atoms with van der Waals surface area (Å²) >= 11 is 0. The van der Waals surface area contributed by atoms with Gasteiger partial charge in [0.05, 0.1) is 17.2 Å². The maximum atomic E-state index is 11.5. The number of anilines is 1. The first-order chi connectivity index (χ1) is 7.50. The number of amides is 1. The van der Waals surface area contributed by atoms with Gasteiger partial charge in [-0.1, -0.05) is 0 Å². The fraction of sp³-hybridized carbons (Fsp3) is 0.200. The van der Waals surface area contributed by atoms with E-state index in [-0.39, 0.29) is 23.9 Å². The molecule has 0 spiro atoms. The molecule has 0 fully saturated rings. The number of hydrogen-bond donors (Lipinski definition) is 0. The van der Waals surface area contributed by atoms with Gasteiger partial charge in [0.25, 0.3) is 5.69 Å². The van der Waals surface area contributed by atoms with Gasteiger partial charge in [0.1, 0.15) is 0 Å². The van der Waals surface area contributed by atoms with E-state index in [9.17, 15) is 19.7 Å². The molecule has 16 heavy (non-hydrogen) atoms. The molecule has 0 radical (unpaired) electrons. The van der Waals surface area contributed by atoms with Crippen LogP contribution in [0.4, 0.5) is 11.4 Å². The molecule has 1 aromatic carbocycles. The van der Waals surface area contributed by atoms with Crippen molar-refractivity contribution in [1.29, 1.82) is 0 Å². The number of carbonyl (C=O) groups excluding carboxylic acids is 2. The summed E-state index contributed by atoms with van der Waals surface area (Å²) in [7, 11) is 0. The Labute approximate surface area is 90.6 Å². The average Bonchev–Trinajstić information content (AvgIpc) is 2.56. The van der Waals surface area contributed by atoms with Crippen molar-refractivity contribution in [2.24, 2.45) is 0 Å². The monoisotopic (exact) mass is 220 g/mol. The Morgan fingerprint density at radius 3 is 2.75 bits per heavy atom. The summed E-state index contributed by atoms with van der Waals surface area (Å²) in [6.07, 6.45) is 0. The first-order valence-electron chi connectivity index (χ1n) is 4.60. The number of hydrogen-bond acceptors (Lipinski definition) is 4. The zero-order valence-electron chi connectivity index (χ0n) is 8.47. The van der Waals surface area contributed by atoms with Gasteiger partial charge >= 0.3 is 0 Å². The fourth-order valence-electron chi connectivity index (χ4n) is 1.69. The van der Waals surface area contributed by atoms with E-state index >= 15 is 0 Å². The maximum absolute atomic E-state index is 11.5. The first-order valence-corrected chi connectivity index (χ1v) is 4.60. The summed E-state index contributed by atoms with van der Waals surface area (Å²) < 4.78 is 0. The number of non-ortho nitro benzene ring substituents is 1. The molecule has 6 heteroatoms. The van der Waals surface area contributed by atoms with Gasteiger partial charge in [0.15, 0.2) is 5.78 Å². The van der Waals surface area contributed by atoms with Gasteiger partial charge in [0, 0.05) is 24.6 Å². The molecule has 1 aliphatic rings. The van der Waals surface area contributed by atoms with Crippen LogP contribution in [-0.2, 0) is 4.79 Å². The van der Waals surface area contributed by atoms with Gasteiger partial charge in [-0.25, -0.2) is 0 Å². The van der Waals surface area contributed by atoms with Crippen LogP contribution in [0.1, 0.15) is 17.3 Å². The minimum absolute atomic E-state index is 0.0359. The van der Waals surface area contributed by atoms with Crippen LogP contribution in [0.3, 0.4) is 0 Å². The summed E-state index contributed by atoms with van der Waals surface area (Å²) in [5, 5.41) is 10.6. The molecule has 0 atom stereocenters. The second-order valence-corrected chi connectivity index (χ2v) is 3.49. The number of nitro benzene ring substituents is 1. The molecule has 0 unspecified atom stereocenters. The minimum Gasteiger partial charge on any atom is -0.304 e. The van der Waals surface area contributed by atoms with Crippen LogP contribution in [-0.4, -0.2) is 23.2 Å². The lowest BCUT2D eigenvalue weighted by Crippen LogP contribution is -2.27. The smallest absolute Gasteiger partial charge is 0.271 e. The van der Waals surface area contributed by atoms with E-state index in [1.54, 1.807) is 0 Å². The second-order valence-electron chi connectivity index (χ2n) is 3.49. The Morgan fingerprint density at radius 1 is 1.50 bits per heavy atom. The predicted molar refractivity (Wildman–Crippen MR) is 55.5 cm³/mol. The topological polar surface area (TPSA) is 80.5 Å². The van der Waals surface area contributed by atoms with Crippen LogP contribution < -0.4 is 4.90 Å². The number of ketones is 1. The molecular formula is C10H8N2O4. The molecular weight excluding hydrogens is 212 g/mol. The molecule has 0 bridgehead atoms. The predicted octanol–water partition coefficient (Wildman–Crippen LogP) is 1.14. The van der Waals surface area contributed by atoms with Crippen LogP contribution in [0, 0.1) is 10.1 Å². The standard InChI is InChI=1S/C10H8N2O4/c1-6(13)11-5-10(14)8-3-2-7(12(15)16)4-9(8)11/h2-4H,5H2,1H3. The number of nitro groups is 1. The maximum Gasteiger partial charge on any atom is 0.271 e. The zero-order valence-corrected chi connectivity index (χ0v) is 8.47. The van der Waals surface area contributed by atoms with Gasteiger partial charge in [-0.15, -0.1) is 0 Å². The largest absolute Gasteiger partial charge is 0.304 e. The van der Waals surface area contributed by atoms with Crippen LogP contribution in [0.5, 0.6) is 0 Å². The Bertz CT molecular complexity index is 510. The third-order valence-corrected chi connectivity index (χ3v) is 2.47. The van der Waals surface area contributed by atoms with Crippen molar-refractivity contribution in [3.05, 3.63) is 33.9 Å².